The third-order valence-corrected chi connectivity index (χ3v) is 19.2. The van der Waals surface area contributed by atoms with Crippen LogP contribution in [0.3, 0.4) is 0 Å². The lowest BCUT2D eigenvalue weighted by Gasteiger charge is -2.38. The number of nitriles is 1. The Morgan fingerprint density at radius 1 is 0.867 bits per heavy atom. The van der Waals surface area contributed by atoms with E-state index in [9.17, 15) is 10.1 Å². The maximum absolute atomic E-state index is 13.7. The molecule has 45 heavy (non-hydrogen) atoms. The lowest BCUT2D eigenvalue weighted by molar-refractivity contribution is 0.0284. The van der Waals surface area contributed by atoms with Crippen molar-refractivity contribution in [2.75, 3.05) is 5.73 Å². The zero-order valence-corrected chi connectivity index (χ0v) is 30.8. The third-order valence-electron chi connectivity index (χ3n) is 10.1. The molecule has 1 aromatic heterocycles. The van der Waals surface area contributed by atoms with Gasteiger partial charge in [0.15, 0.2) is 28.0 Å². The van der Waals surface area contributed by atoms with E-state index >= 15 is 0 Å². The molecule has 0 amide bonds. The van der Waals surface area contributed by atoms with Gasteiger partial charge in [0.05, 0.1) is 11.6 Å². The number of anilines is 1. The molecule has 1 heterocycles. The van der Waals surface area contributed by atoms with Crippen LogP contribution in [0.1, 0.15) is 96.0 Å². The van der Waals surface area contributed by atoms with Crippen molar-refractivity contribution in [3.05, 3.63) is 35.4 Å². The fourth-order valence-electron chi connectivity index (χ4n) is 5.38. The molecule has 9 nitrogen and oxygen atoms in total. The van der Waals surface area contributed by atoms with Gasteiger partial charge in [0, 0.05) is 30.6 Å². The molecule has 11 heteroatoms. The van der Waals surface area contributed by atoms with Crippen LogP contribution < -0.4 is 10.5 Å². The first-order chi connectivity index (χ1) is 20.8. The van der Waals surface area contributed by atoms with Crippen molar-refractivity contribution < 1.29 is 23.1 Å². The van der Waals surface area contributed by atoms with E-state index in [2.05, 4.69) is 78.8 Å². The minimum Gasteiger partial charge on any atom is -0.473 e. The van der Waals surface area contributed by atoms with Gasteiger partial charge < -0.3 is 24.1 Å². The van der Waals surface area contributed by atoms with Crippen LogP contribution in [-0.4, -0.2) is 57.0 Å². The maximum Gasteiger partial charge on any atom is 0.347 e. The number of carbonyl (C=O) groups excluding carboxylic acids is 1. The number of benzene rings is 1. The summed E-state index contributed by atoms with van der Waals surface area (Å²) < 4.78 is 25.8. The number of rotatable bonds is 9. The second kappa shape index (κ2) is 13.1. The molecular weight excluding hydrogens is 601 g/mol. The van der Waals surface area contributed by atoms with Crippen LogP contribution in [0, 0.1) is 11.3 Å². The molecule has 2 N–H and O–H groups in total. The molecule has 0 saturated heterocycles. The van der Waals surface area contributed by atoms with Gasteiger partial charge in [-0.2, -0.15) is 10.2 Å². The summed E-state index contributed by atoms with van der Waals surface area (Å²) in [5.74, 6) is -0.215. The summed E-state index contributed by atoms with van der Waals surface area (Å²) in [4.78, 5) is 22.9. The van der Waals surface area contributed by atoms with E-state index in [-0.39, 0.29) is 57.6 Å². The Hall–Kier alpha value is -2.79. The number of ether oxygens (including phenoxy) is 2. The van der Waals surface area contributed by atoms with Gasteiger partial charge in [0.1, 0.15) is 18.0 Å². The van der Waals surface area contributed by atoms with E-state index in [0.29, 0.717) is 24.0 Å². The number of hydrogen-bond acceptors (Lipinski definition) is 9. The topological polar surface area (TPSA) is 130 Å². The minimum atomic E-state index is -1.95. The van der Waals surface area contributed by atoms with Crippen molar-refractivity contribution in [1.29, 1.82) is 5.26 Å². The predicted octanol–water partition coefficient (Wildman–Crippen LogP) is 8.02. The SMILES string of the molecule is CC(C)(C)[Si](C)(C)OC1CCC(OC(=O)c2c(N)nc(-c3cccc(C#N)c3)nc2OC2CCC(O[Si](C)(C)C(C)(C)C)C2)C1. The Morgan fingerprint density at radius 2 is 1.40 bits per heavy atom. The smallest absolute Gasteiger partial charge is 0.347 e. The summed E-state index contributed by atoms with van der Waals surface area (Å²) >= 11 is 0. The average molecular weight is 653 g/mol. The molecule has 2 aliphatic rings. The first-order valence-corrected chi connectivity index (χ1v) is 22.0. The number of nitrogen functional groups attached to an aromatic ring is 1. The fraction of sp³-hybridized carbons (Fsp3) is 0.647. The van der Waals surface area contributed by atoms with Crippen LogP contribution in [0.5, 0.6) is 5.88 Å². The molecule has 4 atom stereocenters. The standard InChI is InChI=1S/C34H52N4O5Si2/c1-33(2,3)44(7,8)42-26-16-14-24(19-26)40-31-28(29(36)37-30(38-31)23-13-11-12-22(18-23)21-35)32(39)41-25-15-17-27(20-25)43-45(9,10)34(4,5)6/h11-13,18,24-27H,14-17,19-20H2,1-10H3,(H2,36,37,38). The second-order valence-corrected chi connectivity index (χ2v) is 25.2. The van der Waals surface area contributed by atoms with Gasteiger partial charge in [0.25, 0.3) is 0 Å². The molecule has 4 rings (SSSR count). The summed E-state index contributed by atoms with van der Waals surface area (Å²) in [6.45, 7) is 22.4. The Balaban J connectivity index is 1.56. The van der Waals surface area contributed by atoms with Crippen molar-refractivity contribution in [2.24, 2.45) is 0 Å². The number of nitrogens with two attached hydrogens (primary N) is 1. The summed E-state index contributed by atoms with van der Waals surface area (Å²) in [5.41, 5.74) is 7.58. The molecule has 246 valence electrons. The van der Waals surface area contributed by atoms with E-state index < -0.39 is 22.6 Å². The Labute approximate surface area is 271 Å². The van der Waals surface area contributed by atoms with Crippen molar-refractivity contribution in [2.45, 2.75) is 141 Å². The highest BCUT2D eigenvalue weighted by atomic mass is 28.4. The number of aromatic nitrogens is 2. The summed E-state index contributed by atoms with van der Waals surface area (Å²) in [6, 6.07) is 9.11. The lowest BCUT2D eigenvalue weighted by Crippen LogP contribution is -2.43. The third kappa shape index (κ3) is 8.33. The highest BCUT2D eigenvalue weighted by Gasteiger charge is 2.43. The summed E-state index contributed by atoms with van der Waals surface area (Å²) in [5, 5.41) is 9.62. The first-order valence-electron chi connectivity index (χ1n) is 16.2. The first kappa shape index (κ1) is 35.1. The Kier molecular flexibility index (Phi) is 10.2. The fourth-order valence-corrected chi connectivity index (χ4v) is 8.18. The summed E-state index contributed by atoms with van der Waals surface area (Å²) in [7, 11) is -3.90. The minimum absolute atomic E-state index is 0.0125. The van der Waals surface area contributed by atoms with E-state index in [0.717, 1.165) is 25.7 Å². The summed E-state index contributed by atoms with van der Waals surface area (Å²) in [6.07, 6.45) is 4.17. The molecule has 4 unspecified atom stereocenters. The number of carbonyl (C=O) groups is 1. The van der Waals surface area contributed by atoms with E-state index in [4.69, 9.17) is 29.0 Å². The molecule has 0 aliphatic heterocycles. The Morgan fingerprint density at radius 3 is 1.96 bits per heavy atom. The molecule has 2 aliphatic carbocycles. The van der Waals surface area contributed by atoms with Crippen LogP contribution in [0.4, 0.5) is 5.82 Å². The quantitative estimate of drug-likeness (QED) is 0.211. The molecule has 2 fully saturated rings. The Bertz CT molecular complexity index is 1430. The van der Waals surface area contributed by atoms with Crippen LogP contribution in [0.15, 0.2) is 24.3 Å². The largest absolute Gasteiger partial charge is 0.473 e. The van der Waals surface area contributed by atoms with Crippen LogP contribution in [-0.2, 0) is 13.6 Å². The van der Waals surface area contributed by atoms with Crippen molar-refractivity contribution in [3.63, 3.8) is 0 Å². The lowest BCUT2D eigenvalue weighted by atomic mass is 10.1. The molecule has 2 aromatic rings. The van der Waals surface area contributed by atoms with Gasteiger partial charge in [-0.1, -0.05) is 53.7 Å². The number of hydrogen-bond donors (Lipinski definition) is 1. The highest BCUT2D eigenvalue weighted by Crippen LogP contribution is 2.42. The van der Waals surface area contributed by atoms with Gasteiger partial charge in [-0.05, 0) is 74.1 Å². The predicted molar refractivity (Wildman–Crippen MR) is 182 cm³/mol. The van der Waals surface area contributed by atoms with E-state index in [1.165, 1.54) is 0 Å². The maximum atomic E-state index is 13.7. The van der Waals surface area contributed by atoms with E-state index in [1.807, 2.05) is 0 Å². The monoisotopic (exact) mass is 652 g/mol. The van der Waals surface area contributed by atoms with Crippen LogP contribution >= 0.6 is 0 Å². The average Bonchev–Trinajstić information content (AvgIpc) is 3.55. The number of esters is 1. The molecule has 1 aromatic carbocycles. The van der Waals surface area contributed by atoms with Crippen LogP contribution in [0.2, 0.25) is 36.3 Å². The van der Waals surface area contributed by atoms with E-state index in [1.54, 1.807) is 24.3 Å². The molecular formula is C34H52N4O5Si2. The molecule has 0 bridgehead atoms. The normalized spacial score (nSPS) is 22.7. The zero-order valence-electron chi connectivity index (χ0n) is 28.8. The van der Waals surface area contributed by atoms with Crippen molar-refractivity contribution in [1.82, 2.24) is 9.97 Å². The van der Waals surface area contributed by atoms with Gasteiger partial charge in [-0.3, -0.25) is 0 Å². The number of nitrogens with zero attached hydrogens (tertiary/aromatic N) is 3. The van der Waals surface area contributed by atoms with Crippen molar-refractivity contribution in [3.8, 4) is 23.3 Å². The van der Waals surface area contributed by atoms with Crippen LogP contribution in [0.25, 0.3) is 11.4 Å². The van der Waals surface area contributed by atoms with Gasteiger partial charge >= 0.3 is 5.97 Å². The molecule has 0 spiro atoms. The van der Waals surface area contributed by atoms with Gasteiger partial charge in [0.2, 0.25) is 5.88 Å². The van der Waals surface area contributed by atoms with Gasteiger partial charge in [-0.15, -0.1) is 0 Å². The van der Waals surface area contributed by atoms with Crippen molar-refractivity contribution >= 4 is 28.4 Å². The highest BCUT2D eigenvalue weighted by molar-refractivity contribution is 6.74. The zero-order chi connectivity index (χ0) is 33.4. The van der Waals surface area contributed by atoms with Gasteiger partial charge in [-0.25, -0.2) is 9.78 Å². The molecule has 0 radical (unpaired) electrons. The second-order valence-electron chi connectivity index (χ2n) is 15.7. The molecule has 2 saturated carbocycles.